The first-order chi connectivity index (χ1) is 18.1. The van der Waals surface area contributed by atoms with E-state index >= 15 is 0 Å². The van der Waals surface area contributed by atoms with E-state index in [1.165, 1.54) is 12.8 Å². The van der Waals surface area contributed by atoms with Gasteiger partial charge in [-0.15, -0.1) is 0 Å². The van der Waals surface area contributed by atoms with Crippen LogP contribution in [0.1, 0.15) is 61.8 Å². The number of hydrogen-bond donors (Lipinski definition) is 1. The van der Waals surface area contributed by atoms with Gasteiger partial charge in [0.1, 0.15) is 11.5 Å². The third-order valence-electron chi connectivity index (χ3n) is 8.20. The molecule has 2 fully saturated rings. The van der Waals surface area contributed by atoms with Crippen molar-refractivity contribution in [3.63, 3.8) is 0 Å². The molecule has 2 aromatic heterocycles. The number of fused-ring (bicyclic) bond motifs is 2. The number of nitriles is 1. The number of nitrogens with zero attached hydrogens (tertiary/aromatic N) is 5. The molecule has 1 spiro atoms. The highest BCUT2D eigenvalue weighted by Gasteiger charge is 2.64. The Balaban J connectivity index is 1.33. The zero-order valence-corrected chi connectivity index (χ0v) is 21.1. The van der Waals surface area contributed by atoms with E-state index in [4.69, 9.17) is 9.97 Å². The van der Waals surface area contributed by atoms with E-state index < -0.39 is 11.9 Å². The molecular formula is C29H27F3N6. The number of H-pyrrole nitrogens is 1. The van der Waals surface area contributed by atoms with Crippen molar-refractivity contribution < 1.29 is 13.2 Å². The molecule has 6 rings (SSSR count). The van der Waals surface area contributed by atoms with Crippen LogP contribution >= 0.6 is 0 Å². The van der Waals surface area contributed by atoms with Crippen molar-refractivity contribution in [1.29, 1.82) is 5.26 Å². The van der Waals surface area contributed by atoms with Gasteiger partial charge in [0.05, 0.1) is 45.2 Å². The second-order valence-corrected chi connectivity index (χ2v) is 10.8. The zero-order valence-electron chi connectivity index (χ0n) is 21.1. The fraction of sp³-hybridized carbons (Fsp3) is 0.379. The van der Waals surface area contributed by atoms with Gasteiger partial charge in [-0.1, -0.05) is 6.58 Å². The van der Waals surface area contributed by atoms with Gasteiger partial charge >= 0.3 is 6.18 Å². The van der Waals surface area contributed by atoms with Crippen LogP contribution in [0.3, 0.4) is 0 Å². The van der Waals surface area contributed by atoms with Crippen LogP contribution < -0.4 is 4.90 Å². The van der Waals surface area contributed by atoms with Crippen LogP contribution in [0.5, 0.6) is 0 Å². The molecule has 3 heterocycles. The second-order valence-electron chi connectivity index (χ2n) is 10.8. The molecule has 9 heteroatoms. The fourth-order valence-electron chi connectivity index (χ4n) is 6.01. The lowest BCUT2D eigenvalue weighted by atomic mass is 9.57. The molecule has 2 aliphatic carbocycles. The number of aromatic nitrogens is 3. The summed E-state index contributed by atoms with van der Waals surface area (Å²) in [6, 6.07) is 11.9. The number of imidazole rings is 1. The van der Waals surface area contributed by atoms with Gasteiger partial charge in [0.2, 0.25) is 0 Å². The molecule has 6 nitrogen and oxygen atoms in total. The monoisotopic (exact) mass is 516 g/mol. The molecule has 0 bridgehead atoms. The number of aliphatic imine (C=N–C) groups is 1. The summed E-state index contributed by atoms with van der Waals surface area (Å²) < 4.78 is 38.1. The van der Waals surface area contributed by atoms with Gasteiger partial charge in [0.25, 0.3) is 0 Å². The predicted octanol–water partition coefficient (Wildman–Crippen LogP) is 6.49. The molecule has 3 aliphatic rings. The minimum atomic E-state index is -4.54. The Morgan fingerprint density at radius 2 is 2.00 bits per heavy atom. The average molecular weight is 517 g/mol. The molecule has 1 aromatic carbocycles. The van der Waals surface area contributed by atoms with Crippen LogP contribution in [0.15, 0.2) is 59.4 Å². The largest absolute Gasteiger partial charge is 0.432 e. The Kier molecular flexibility index (Phi) is 5.49. The lowest BCUT2D eigenvalue weighted by molar-refractivity contribution is -0.0918. The maximum Gasteiger partial charge on any atom is 0.432 e. The number of halogens is 3. The van der Waals surface area contributed by atoms with E-state index in [2.05, 4.69) is 39.7 Å². The van der Waals surface area contributed by atoms with Gasteiger partial charge in [-0.2, -0.15) is 18.4 Å². The molecule has 38 heavy (non-hydrogen) atoms. The summed E-state index contributed by atoms with van der Waals surface area (Å²) in [7, 11) is 0. The first kappa shape index (κ1) is 24.4. The number of anilines is 1. The van der Waals surface area contributed by atoms with Gasteiger partial charge in [-0.05, 0) is 87.3 Å². The molecule has 3 aromatic rings. The highest BCUT2D eigenvalue weighted by Crippen LogP contribution is 2.70. The standard InChI is InChI=1S/C29H27F3N6/c1-18(9-12-34-19(2)29(30,31)32)38-13-3-4-22-24(38)7-8-25(35-22)28(16-27(17-28)10-11-27)26-36-21-6-5-20(15-33)14-23(21)37-26/h5-9,12,14H,2-4,10-11,13,16-17H2,1H3,(H,36,37)/b18-9+,34-12?. The molecular weight excluding hydrogens is 489 g/mol. The summed E-state index contributed by atoms with van der Waals surface area (Å²) >= 11 is 0. The molecule has 194 valence electrons. The number of aromatic amines is 1. The quantitative estimate of drug-likeness (QED) is 0.393. The fourth-order valence-corrected chi connectivity index (χ4v) is 6.01. The predicted molar refractivity (Wildman–Crippen MR) is 140 cm³/mol. The Hall–Kier alpha value is -3.93. The number of allylic oxidation sites excluding steroid dienone is 3. The number of benzene rings is 1. The van der Waals surface area contributed by atoms with Crippen LogP contribution in [0.2, 0.25) is 0 Å². The molecule has 0 amide bonds. The summed E-state index contributed by atoms with van der Waals surface area (Å²) in [4.78, 5) is 19.2. The Bertz CT molecular complexity index is 1540. The van der Waals surface area contributed by atoms with Crippen LogP contribution in [-0.2, 0) is 11.8 Å². The Morgan fingerprint density at radius 3 is 2.71 bits per heavy atom. The van der Waals surface area contributed by atoms with Crippen molar-refractivity contribution in [3.8, 4) is 6.07 Å². The van der Waals surface area contributed by atoms with E-state index in [-0.39, 0.29) is 5.41 Å². The van der Waals surface area contributed by atoms with Gasteiger partial charge in [-0.3, -0.25) is 9.98 Å². The number of pyridine rings is 1. The molecule has 0 saturated heterocycles. The summed E-state index contributed by atoms with van der Waals surface area (Å²) in [5.41, 5.74) is 5.00. The number of aryl methyl sites for hydroxylation is 1. The van der Waals surface area contributed by atoms with Crippen LogP contribution in [0.4, 0.5) is 18.9 Å². The van der Waals surface area contributed by atoms with E-state index in [1.54, 1.807) is 12.1 Å². The summed E-state index contributed by atoms with van der Waals surface area (Å²) in [5.74, 6) is 0.900. The number of rotatable bonds is 5. The van der Waals surface area contributed by atoms with Crippen molar-refractivity contribution >= 4 is 22.9 Å². The van der Waals surface area contributed by atoms with Gasteiger partial charge in [0, 0.05) is 18.5 Å². The van der Waals surface area contributed by atoms with Crippen LogP contribution in [0.25, 0.3) is 11.0 Å². The lowest BCUT2D eigenvalue weighted by Crippen LogP contribution is -2.45. The smallest absolute Gasteiger partial charge is 0.344 e. The van der Waals surface area contributed by atoms with E-state index in [0.717, 1.165) is 78.1 Å². The third-order valence-corrected chi connectivity index (χ3v) is 8.20. The second kappa shape index (κ2) is 8.55. The normalized spacial score (nSPS) is 19.9. The van der Waals surface area contributed by atoms with Crippen molar-refractivity contribution in [1.82, 2.24) is 15.0 Å². The van der Waals surface area contributed by atoms with E-state index in [1.807, 2.05) is 19.1 Å². The minimum absolute atomic E-state index is 0.296. The zero-order chi connectivity index (χ0) is 26.7. The van der Waals surface area contributed by atoms with Crippen LogP contribution in [0, 0.1) is 16.7 Å². The first-order valence-corrected chi connectivity index (χ1v) is 12.8. The Morgan fingerprint density at radius 1 is 1.21 bits per heavy atom. The minimum Gasteiger partial charge on any atom is -0.344 e. The molecule has 2 saturated carbocycles. The molecule has 1 N–H and O–H groups in total. The average Bonchev–Trinajstić information content (AvgIpc) is 3.56. The number of alkyl halides is 3. The van der Waals surface area contributed by atoms with Crippen molar-refractivity contribution in [2.45, 2.75) is 57.0 Å². The first-order valence-electron chi connectivity index (χ1n) is 12.8. The summed E-state index contributed by atoms with van der Waals surface area (Å²) in [6.07, 6.45) is 4.38. The SMILES string of the molecule is C=C(N=C/C=C(\C)N1CCCc2nc(C3(c4nc5ccc(C#N)cc5[nH]4)CC4(CC4)C3)ccc21)C(F)(F)F. The van der Waals surface area contributed by atoms with Crippen molar-refractivity contribution in [2.24, 2.45) is 10.4 Å². The van der Waals surface area contributed by atoms with E-state index in [9.17, 15) is 18.4 Å². The van der Waals surface area contributed by atoms with Crippen LogP contribution in [-0.4, -0.2) is 33.9 Å². The third kappa shape index (κ3) is 4.08. The number of nitrogens with one attached hydrogen (secondary N) is 1. The van der Waals surface area contributed by atoms with Gasteiger partial charge < -0.3 is 9.88 Å². The highest BCUT2D eigenvalue weighted by molar-refractivity contribution is 5.77. The lowest BCUT2D eigenvalue weighted by Gasteiger charge is -2.47. The summed E-state index contributed by atoms with van der Waals surface area (Å²) in [6.45, 7) is 5.60. The number of hydrogen-bond acceptors (Lipinski definition) is 5. The highest BCUT2D eigenvalue weighted by atomic mass is 19.4. The molecule has 1 aliphatic heterocycles. The molecule has 0 radical (unpaired) electrons. The maximum absolute atomic E-state index is 12.7. The van der Waals surface area contributed by atoms with E-state index in [0.29, 0.717) is 11.0 Å². The molecule has 0 unspecified atom stereocenters. The van der Waals surface area contributed by atoms with Crippen molar-refractivity contribution in [2.75, 3.05) is 11.4 Å². The molecule has 0 atom stereocenters. The Labute approximate surface area is 218 Å². The van der Waals surface area contributed by atoms with Gasteiger partial charge in [0.15, 0.2) is 0 Å². The summed E-state index contributed by atoms with van der Waals surface area (Å²) in [5, 5.41) is 9.29. The maximum atomic E-state index is 12.7. The topological polar surface area (TPSA) is 81.0 Å². The van der Waals surface area contributed by atoms with Crippen molar-refractivity contribution in [3.05, 3.63) is 77.2 Å². The van der Waals surface area contributed by atoms with Gasteiger partial charge in [-0.25, -0.2) is 4.98 Å².